The number of carbonyl (C=O) groups is 1. The van der Waals surface area contributed by atoms with Crippen LogP contribution >= 0.6 is 11.8 Å². The van der Waals surface area contributed by atoms with E-state index in [2.05, 4.69) is 0 Å². The Morgan fingerprint density at radius 1 is 1.39 bits per heavy atom. The van der Waals surface area contributed by atoms with Crippen LogP contribution in [0.2, 0.25) is 0 Å². The average Bonchev–Trinajstić information content (AvgIpc) is 2.59. The van der Waals surface area contributed by atoms with Gasteiger partial charge >= 0.3 is 6.18 Å². The van der Waals surface area contributed by atoms with Gasteiger partial charge in [0.05, 0.1) is 17.1 Å². The first-order valence-corrected chi connectivity index (χ1v) is 5.83. The van der Waals surface area contributed by atoms with Crippen molar-refractivity contribution in [3.8, 4) is 0 Å². The van der Waals surface area contributed by atoms with E-state index in [0.717, 1.165) is 16.7 Å². The first-order valence-electron chi connectivity index (χ1n) is 4.78. The maximum atomic E-state index is 13.5. The normalized spacial score (nSPS) is 20.6. The second kappa shape index (κ2) is 4.43. The van der Waals surface area contributed by atoms with E-state index < -0.39 is 34.6 Å². The number of amides is 1. The minimum Gasteiger partial charge on any atom is -0.373 e. The third kappa shape index (κ3) is 2.30. The van der Waals surface area contributed by atoms with Crippen molar-refractivity contribution in [1.29, 1.82) is 0 Å². The zero-order valence-corrected chi connectivity index (χ0v) is 9.56. The van der Waals surface area contributed by atoms with Crippen molar-refractivity contribution in [2.45, 2.75) is 11.6 Å². The number of nitrogens with zero attached hydrogens (tertiary/aromatic N) is 1. The van der Waals surface area contributed by atoms with E-state index in [1.165, 1.54) is 0 Å². The summed E-state index contributed by atoms with van der Waals surface area (Å²) >= 11 is 0.814. The summed E-state index contributed by atoms with van der Waals surface area (Å²) in [6.07, 6.45) is -4.61. The molecule has 2 rings (SSSR count). The minimum atomic E-state index is -4.61. The smallest absolute Gasteiger partial charge is 0.373 e. The monoisotopic (exact) mass is 281 g/mol. The number of rotatable bonds is 1. The van der Waals surface area contributed by atoms with Gasteiger partial charge in [-0.15, -0.1) is 0 Å². The molecule has 8 heteroatoms. The lowest BCUT2D eigenvalue weighted by Crippen LogP contribution is -2.30. The molecule has 3 nitrogen and oxygen atoms in total. The van der Waals surface area contributed by atoms with Crippen LogP contribution in [0.15, 0.2) is 18.2 Å². The van der Waals surface area contributed by atoms with E-state index in [0.29, 0.717) is 18.2 Å². The third-order valence-corrected chi connectivity index (χ3v) is 3.33. The highest BCUT2D eigenvalue weighted by atomic mass is 32.2. The SMILES string of the molecule is O=C1C(O)SCN1c1cc(C(F)(F)F)ccc1F. The Kier molecular flexibility index (Phi) is 3.24. The summed E-state index contributed by atoms with van der Waals surface area (Å²) in [6.45, 7) is 0. The van der Waals surface area contributed by atoms with Crippen molar-refractivity contribution in [2.24, 2.45) is 0 Å². The minimum absolute atomic E-state index is 0.0851. The number of halogens is 4. The maximum absolute atomic E-state index is 13.5. The average molecular weight is 281 g/mol. The molecule has 0 aliphatic carbocycles. The fourth-order valence-corrected chi connectivity index (χ4v) is 2.32. The molecule has 1 aromatic carbocycles. The molecule has 0 aromatic heterocycles. The van der Waals surface area contributed by atoms with Gasteiger partial charge in [-0.2, -0.15) is 13.2 Å². The van der Waals surface area contributed by atoms with Crippen LogP contribution in [0.5, 0.6) is 0 Å². The molecule has 0 saturated carbocycles. The molecule has 1 aliphatic rings. The van der Waals surface area contributed by atoms with Gasteiger partial charge in [0.15, 0.2) is 5.44 Å². The van der Waals surface area contributed by atoms with Crippen LogP contribution in [0.4, 0.5) is 23.2 Å². The Labute approximate surface area is 103 Å². The standard InChI is InChI=1S/C10H7F4NO2S/c11-6-2-1-5(10(12,13)14)3-7(6)15-4-18-9(17)8(15)16/h1-3,9,17H,4H2. The predicted molar refractivity (Wildman–Crippen MR) is 57.4 cm³/mol. The van der Waals surface area contributed by atoms with Gasteiger partial charge in [0.2, 0.25) is 0 Å². The molecule has 1 heterocycles. The third-order valence-electron chi connectivity index (χ3n) is 2.40. The number of carbonyl (C=O) groups excluding carboxylic acids is 1. The van der Waals surface area contributed by atoms with Gasteiger partial charge in [0, 0.05) is 0 Å². The van der Waals surface area contributed by atoms with Crippen LogP contribution in [0.3, 0.4) is 0 Å². The van der Waals surface area contributed by atoms with Crippen molar-refractivity contribution >= 4 is 23.4 Å². The van der Waals surface area contributed by atoms with Crippen LogP contribution in [-0.2, 0) is 11.0 Å². The molecule has 0 radical (unpaired) electrons. The molecular formula is C10H7F4NO2S. The molecule has 0 spiro atoms. The van der Waals surface area contributed by atoms with Gasteiger partial charge in [-0.25, -0.2) is 4.39 Å². The topological polar surface area (TPSA) is 40.5 Å². The van der Waals surface area contributed by atoms with Crippen LogP contribution in [-0.4, -0.2) is 22.3 Å². The van der Waals surface area contributed by atoms with Crippen LogP contribution < -0.4 is 4.90 Å². The molecule has 1 unspecified atom stereocenters. The van der Waals surface area contributed by atoms with E-state index in [9.17, 15) is 27.5 Å². The van der Waals surface area contributed by atoms with Gasteiger partial charge in [0.1, 0.15) is 5.82 Å². The zero-order chi connectivity index (χ0) is 13.5. The summed E-state index contributed by atoms with van der Waals surface area (Å²) in [4.78, 5) is 12.2. The van der Waals surface area contributed by atoms with E-state index in [4.69, 9.17) is 0 Å². The van der Waals surface area contributed by atoms with E-state index in [1.807, 2.05) is 0 Å². The van der Waals surface area contributed by atoms with E-state index in [-0.39, 0.29) is 5.88 Å². The Hall–Kier alpha value is -1.28. The van der Waals surface area contributed by atoms with Crippen molar-refractivity contribution in [3.63, 3.8) is 0 Å². The number of aliphatic hydroxyl groups excluding tert-OH is 1. The molecule has 98 valence electrons. The highest BCUT2D eigenvalue weighted by molar-refractivity contribution is 8.01. The van der Waals surface area contributed by atoms with Crippen LogP contribution in [0.25, 0.3) is 0 Å². The molecule has 1 atom stereocenters. The number of anilines is 1. The Morgan fingerprint density at radius 2 is 2.06 bits per heavy atom. The Bertz CT molecular complexity index is 491. The fourth-order valence-electron chi connectivity index (χ4n) is 1.50. The first-order chi connectivity index (χ1) is 8.30. The molecule has 1 saturated heterocycles. The first kappa shape index (κ1) is 13.2. The molecule has 1 aliphatic heterocycles. The Morgan fingerprint density at radius 3 is 2.56 bits per heavy atom. The predicted octanol–water partition coefficient (Wildman–Crippen LogP) is 2.20. The molecule has 18 heavy (non-hydrogen) atoms. The summed E-state index contributed by atoms with van der Waals surface area (Å²) in [5.41, 5.74) is -2.88. The molecular weight excluding hydrogens is 274 g/mol. The van der Waals surface area contributed by atoms with Gasteiger partial charge in [0.25, 0.3) is 5.91 Å². The summed E-state index contributed by atoms with van der Waals surface area (Å²) < 4.78 is 50.9. The highest BCUT2D eigenvalue weighted by Gasteiger charge is 2.36. The molecule has 1 aromatic rings. The zero-order valence-electron chi connectivity index (χ0n) is 8.74. The van der Waals surface area contributed by atoms with Crippen molar-refractivity contribution in [3.05, 3.63) is 29.6 Å². The summed E-state index contributed by atoms with van der Waals surface area (Å²) in [7, 11) is 0. The van der Waals surface area contributed by atoms with Gasteiger partial charge < -0.3 is 5.11 Å². The van der Waals surface area contributed by atoms with Gasteiger partial charge in [-0.05, 0) is 18.2 Å². The molecule has 1 fully saturated rings. The quantitative estimate of drug-likeness (QED) is 0.802. The van der Waals surface area contributed by atoms with Gasteiger partial charge in [-0.3, -0.25) is 9.69 Å². The summed E-state index contributed by atoms with van der Waals surface area (Å²) in [5, 5.41) is 9.18. The lowest BCUT2D eigenvalue weighted by atomic mass is 10.1. The van der Waals surface area contributed by atoms with Crippen molar-refractivity contribution in [1.82, 2.24) is 0 Å². The second-order valence-corrected chi connectivity index (χ2v) is 4.62. The van der Waals surface area contributed by atoms with E-state index >= 15 is 0 Å². The second-order valence-electron chi connectivity index (χ2n) is 3.58. The van der Waals surface area contributed by atoms with Crippen LogP contribution in [0, 0.1) is 5.82 Å². The largest absolute Gasteiger partial charge is 0.416 e. The Balaban J connectivity index is 2.42. The lowest BCUT2D eigenvalue weighted by Gasteiger charge is -2.17. The van der Waals surface area contributed by atoms with E-state index in [1.54, 1.807) is 0 Å². The number of thioether (sulfide) groups is 1. The maximum Gasteiger partial charge on any atom is 0.416 e. The van der Waals surface area contributed by atoms with Crippen molar-refractivity contribution < 1.29 is 27.5 Å². The molecule has 1 amide bonds. The fraction of sp³-hybridized carbons (Fsp3) is 0.300. The number of hydrogen-bond acceptors (Lipinski definition) is 3. The summed E-state index contributed by atoms with van der Waals surface area (Å²) in [5.74, 6) is -1.85. The number of hydrogen-bond donors (Lipinski definition) is 1. The highest BCUT2D eigenvalue weighted by Crippen LogP contribution is 2.35. The number of alkyl halides is 3. The van der Waals surface area contributed by atoms with Gasteiger partial charge in [-0.1, -0.05) is 11.8 Å². The number of aliphatic hydroxyl groups is 1. The molecule has 0 bridgehead atoms. The summed E-state index contributed by atoms with van der Waals surface area (Å²) in [6, 6.07) is 1.82. The van der Waals surface area contributed by atoms with Crippen LogP contribution in [0.1, 0.15) is 5.56 Å². The number of benzene rings is 1. The lowest BCUT2D eigenvalue weighted by molar-refractivity contribution is -0.137. The molecule has 1 N–H and O–H groups in total. The van der Waals surface area contributed by atoms with Crippen molar-refractivity contribution in [2.75, 3.05) is 10.8 Å².